The van der Waals surface area contributed by atoms with Crippen molar-refractivity contribution in [1.29, 1.82) is 0 Å². The lowest BCUT2D eigenvalue weighted by atomic mass is 9.95. The van der Waals surface area contributed by atoms with Crippen molar-refractivity contribution < 1.29 is 5.11 Å². The minimum atomic E-state index is -0.237. The molecular formula is C9H20N2OS. The summed E-state index contributed by atoms with van der Waals surface area (Å²) in [7, 11) is 0. The van der Waals surface area contributed by atoms with Crippen molar-refractivity contribution in [3.05, 3.63) is 0 Å². The molecule has 0 aromatic heterocycles. The third-order valence-corrected chi connectivity index (χ3v) is 3.12. The van der Waals surface area contributed by atoms with Gasteiger partial charge in [0.1, 0.15) is 0 Å². The van der Waals surface area contributed by atoms with Crippen molar-refractivity contribution in [2.24, 2.45) is 11.7 Å². The van der Waals surface area contributed by atoms with Gasteiger partial charge in [-0.05, 0) is 26.2 Å². The molecule has 0 amide bonds. The Hall–Kier alpha value is 0.230. The second kappa shape index (κ2) is 4.64. The van der Waals surface area contributed by atoms with Gasteiger partial charge in [-0.3, -0.25) is 4.90 Å². The second-order valence-corrected chi connectivity index (χ2v) is 4.78. The minimum Gasteiger partial charge on any atom is -0.392 e. The van der Waals surface area contributed by atoms with Gasteiger partial charge in [0, 0.05) is 19.1 Å². The molecule has 0 aromatic rings. The van der Waals surface area contributed by atoms with E-state index in [0.29, 0.717) is 12.0 Å². The predicted octanol–water partition coefficient (Wildman–Crippen LogP) is 0.292. The number of β-amino-alcohol motifs (C(OH)–C–C–N with tert-alkyl or cyclic N) is 1. The van der Waals surface area contributed by atoms with E-state index >= 15 is 0 Å². The molecule has 0 unspecified atom stereocenters. The molecule has 1 aliphatic heterocycles. The van der Waals surface area contributed by atoms with Gasteiger partial charge in [-0.25, -0.2) is 0 Å². The molecule has 13 heavy (non-hydrogen) atoms. The maximum atomic E-state index is 9.62. The maximum Gasteiger partial charge on any atom is 0.0671 e. The fraction of sp³-hybridized carbons (Fsp3) is 1.00. The summed E-state index contributed by atoms with van der Waals surface area (Å²) in [6, 6.07) is 0.476. The number of thiol groups is 1. The van der Waals surface area contributed by atoms with Crippen molar-refractivity contribution in [1.82, 2.24) is 4.90 Å². The van der Waals surface area contributed by atoms with E-state index < -0.39 is 0 Å². The summed E-state index contributed by atoms with van der Waals surface area (Å²) < 4.78 is 0. The lowest BCUT2D eigenvalue weighted by Gasteiger charge is -2.39. The number of likely N-dealkylation sites (tertiary alicyclic amines) is 1. The number of hydrogen-bond donors (Lipinski definition) is 3. The Balaban J connectivity index is 2.52. The van der Waals surface area contributed by atoms with Gasteiger partial charge in [0.2, 0.25) is 0 Å². The normalized spacial score (nSPS) is 33.7. The molecule has 3 N–H and O–H groups in total. The van der Waals surface area contributed by atoms with E-state index in [1.165, 1.54) is 0 Å². The van der Waals surface area contributed by atoms with Gasteiger partial charge in [0.15, 0.2) is 0 Å². The average Bonchev–Trinajstić information content (AvgIpc) is 2.03. The molecule has 0 radical (unpaired) electrons. The average molecular weight is 204 g/mol. The van der Waals surface area contributed by atoms with Crippen LogP contribution in [-0.2, 0) is 0 Å². The zero-order valence-electron chi connectivity index (χ0n) is 8.35. The largest absolute Gasteiger partial charge is 0.392 e. The third-order valence-electron chi connectivity index (χ3n) is 2.70. The van der Waals surface area contributed by atoms with Crippen LogP contribution >= 0.6 is 12.6 Å². The molecule has 0 aliphatic carbocycles. The number of rotatable bonds is 2. The van der Waals surface area contributed by atoms with Crippen LogP contribution in [0.2, 0.25) is 0 Å². The molecule has 1 rings (SSSR count). The van der Waals surface area contributed by atoms with E-state index in [4.69, 9.17) is 5.73 Å². The van der Waals surface area contributed by atoms with Crippen LogP contribution in [0.4, 0.5) is 0 Å². The van der Waals surface area contributed by atoms with E-state index in [9.17, 15) is 5.11 Å². The highest BCUT2D eigenvalue weighted by Crippen LogP contribution is 2.22. The van der Waals surface area contributed by atoms with E-state index in [1.807, 2.05) is 0 Å². The first-order valence-corrected chi connectivity index (χ1v) is 5.38. The molecule has 1 saturated heterocycles. The number of piperidine rings is 1. The Morgan fingerprint density at radius 1 is 1.46 bits per heavy atom. The Bertz CT molecular complexity index is 148. The van der Waals surface area contributed by atoms with Crippen LogP contribution in [0.5, 0.6) is 0 Å². The molecule has 0 bridgehead atoms. The van der Waals surface area contributed by atoms with Gasteiger partial charge in [0.05, 0.1) is 11.5 Å². The molecular weight excluding hydrogens is 184 g/mol. The Labute approximate surface area is 85.7 Å². The number of hydrogen-bond acceptors (Lipinski definition) is 4. The second-order valence-electron chi connectivity index (χ2n) is 4.19. The van der Waals surface area contributed by atoms with Crippen LogP contribution in [-0.4, -0.2) is 40.6 Å². The highest BCUT2D eigenvalue weighted by Gasteiger charge is 2.29. The van der Waals surface area contributed by atoms with E-state index in [0.717, 1.165) is 19.5 Å². The van der Waals surface area contributed by atoms with Gasteiger partial charge < -0.3 is 10.8 Å². The van der Waals surface area contributed by atoms with Gasteiger partial charge in [-0.1, -0.05) is 0 Å². The Morgan fingerprint density at radius 2 is 2.08 bits per heavy atom. The number of aliphatic hydroxyl groups is 1. The summed E-state index contributed by atoms with van der Waals surface area (Å²) in [5, 5.41) is 9.50. The van der Waals surface area contributed by atoms with Crippen molar-refractivity contribution in [2.45, 2.75) is 37.8 Å². The lowest BCUT2D eigenvalue weighted by Crippen LogP contribution is -2.49. The molecule has 3 nitrogen and oxygen atoms in total. The number of aliphatic hydroxyl groups excluding tert-OH is 1. The summed E-state index contributed by atoms with van der Waals surface area (Å²) in [4.78, 5) is 2.26. The molecule has 1 fully saturated rings. The van der Waals surface area contributed by atoms with E-state index in [-0.39, 0.29) is 11.5 Å². The van der Waals surface area contributed by atoms with Crippen LogP contribution in [0.15, 0.2) is 0 Å². The monoisotopic (exact) mass is 204 g/mol. The predicted molar refractivity (Wildman–Crippen MR) is 57.8 cm³/mol. The van der Waals surface area contributed by atoms with Gasteiger partial charge in [-0.2, -0.15) is 12.6 Å². The summed E-state index contributed by atoms with van der Waals surface area (Å²) >= 11 is 4.23. The molecule has 1 heterocycles. The number of nitrogens with zero attached hydrogens (tertiary/aromatic N) is 1. The molecule has 0 aromatic carbocycles. The maximum absolute atomic E-state index is 9.62. The summed E-state index contributed by atoms with van der Waals surface area (Å²) in [6.45, 7) is 6.01. The minimum absolute atomic E-state index is 0.115. The molecule has 0 saturated carbocycles. The quantitative estimate of drug-likeness (QED) is 0.448. The molecule has 3 atom stereocenters. The summed E-state index contributed by atoms with van der Waals surface area (Å²) in [6.07, 6.45) is 0.549. The van der Waals surface area contributed by atoms with Crippen LogP contribution in [0.1, 0.15) is 20.3 Å². The molecule has 4 heteroatoms. The fourth-order valence-corrected chi connectivity index (χ4v) is 2.03. The van der Waals surface area contributed by atoms with E-state index in [2.05, 4.69) is 31.4 Å². The third kappa shape index (κ3) is 3.13. The smallest absolute Gasteiger partial charge is 0.0671 e. The highest BCUT2D eigenvalue weighted by molar-refractivity contribution is 7.80. The first-order valence-electron chi connectivity index (χ1n) is 4.86. The zero-order valence-corrected chi connectivity index (χ0v) is 9.24. The lowest BCUT2D eigenvalue weighted by molar-refractivity contribution is 0.0247. The standard InChI is InChI=1S/C9H20N2OS/c1-6(2)11-4-7(9(10)13)3-8(12)5-11/h6-9,12-13H,3-5,10H2,1-2H3/t7-,8-,9+/m0/s1. The van der Waals surface area contributed by atoms with Crippen molar-refractivity contribution >= 4 is 12.6 Å². The van der Waals surface area contributed by atoms with Gasteiger partial charge in [0.25, 0.3) is 0 Å². The fourth-order valence-electron chi connectivity index (χ4n) is 1.81. The van der Waals surface area contributed by atoms with Crippen molar-refractivity contribution in [3.63, 3.8) is 0 Å². The Morgan fingerprint density at radius 3 is 2.54 bits per heavy atom. The molecule has 0 spiro atoms. The van der Waals surface area contributed by atoms with Gasteiger partial charge in [-0.15, -0.1) is 0 Å². The van der Waals surface area contributed by atoms with Crippen LogP contribution in [0, 0.1) is 5.92 Å². The van der Waals surface area contributed by atoms with Crippen molar-refractivity contribution in [3.8, 4) is 0 Å². The first-order chi connectivity index (χ1) is 6.00. The first kappa shape index (κ1) is 11.3. The van der Waals surface area contributed by atoms with Crippen LogP contribution in [0.25, 0.3) is 0 Å². The summed E-state index contributed by atoms with van der Waals surface area (Å²) in [5.41, 5.74) is 5.72. The Kier molecular flexibility index (Phi) is 4.04. The van der Waals surface area contributed by atoms with Crippen LogP contribution < -0.4 is 5.73 Å². The summed E-state index contributed by atoms with van der Waals surface area (Å²) in [5.74, 6) is 0.314. The van der Waals surface area contributed by atoms with Gasteiger partial charge >= 0.3 is 0 Å². The van der Waals surface area contributed by atoms with Crippen molar-refractivity contribution in [2.75, 3.05) is 13.1 Å². The topological polar surface area (TPSA) is 49.5 Å². The molecule has 1 aliphatic rings. The molecule has 78 valence electrons. The van der Waals surface area contributed by atoms with Crippen LogP contribution in [0.3, 0.4) is 0 Å². The zero-order chi connectivity index (χ0) is 10.0. The number of nitrogens with two attached hydrogens (primary N) is 1. The van der Waals surface area contributed by atoms with E-state index in [1.54, 1.807) is 0 Å². The SMILES string of the molecule is CC(C)N1C[C@@H](O)C[C@H]([C@H](N)S)C1. The highest BCUT2D eigenvalue weighted by atomic mass is 32.1.